The lowest BCUT2D eigenvalue weighted by molar-refractivity contribution is -0.00568. The van der Waals surface area contributed by atoms with Gasteiger partial charge in [0, 0.05) is 16.4 Å². The van der Waals surface area contributed by atoms with Crippen LogP contribution in [0, 0.1) is 28.6 Å². The summed E-state index contributed by atoms with van der Waals surface area (Å²) in [6.07, 6.45) is 12.6. The van der Waals surface area contributed by atoms with Crippen molar-refractivity contribution in [2.24, 2.45) is 39.4 Å². The number of fused-ring (bicyclic) bond motifs is 5. The molecule has 0 aromatic heterocycles. The van der Waals surface area contributed by atoms with Crippen LogP contribution in [0.25, 0.3) is 0 Å². The van der Waals surface area contributed by atoms with Gasteiger partial charge in [-0.15, -0.1) is 0 Å². The first-order valence-electron chi connectivity index (χ1n) is 9.84. The lowest BCUT2D eigenvalue weighted by Crippen LogP contribution is -2.50. The average molecular weight is 378 g/mol. The Bertz CT molecular complexity index is 643. The second-order valence-electron chi connectivity index (χ2n) is 9.19. The highest BCUT2D eigenvalue weighted by molar-refractivity contribution is 7.81. The molecule has 4 aliphatic carbocycles. The fraction of sp³-hybridized carbons (Fsp3) is 0.800. The quantitative estimate of drug-likeness (QED) is 0.274. The van der Waals surface area contributed by atoms with Gasteiger partial charge < -0.3 is 5.73 Å². The summed E-state index contributed by atoms with van der Waals surface area (Å²) in [7, 11) is 0. The first-order chi connectivity index (χ1) is 11.8. The van der Waals surface area contributed by atoms with Gasteiger partial charge in [-0.2, -0.15) is 17.7 Å². The van der Waals surface area contributed by atoms with Crippen LogP contribution in [0.2, 0.25) is 0 Å². The molecule has 4 aliphatic rings. The summed E-state index contributed by atoms with van der Waals surface area (Å²) in [5.74, 6) is 2.40. The van der Waals surface area contributed by atoms with Crippen molar-refractivity contribution < 1.29 is 0 Å². The van der Waals surface area contributed by atoms with Crippen molar-refractivity contribution in [3.05, 3.63) is 11.6 Å². The number of hydrogen-bond acceptors (Lipinski definition) is 3. The summed E-state index contributed by atoms with van der Waals surface area (Å²) in [6.45, 7) is 4.99. The van der Waals surface area contributed by atoms with Crippen LogP contribution < -0.4 is 11.2 Å². The normalized spacial score (nSPS) is 47.5. The molecule has 0 heterocycles. The van der Waals surface area contributed by atoms with Gasteiger partial charge in [0.2, 0.25) is 0 Å². The Kier molecular flexibility index (Phi) is 4.47. The topological polar surface area (TPSA) is 50.4 Å². The zero-order valence-electron chi connectivity index (χ0n) is 15.4. The van der Waals surface area contributed by atoms with Gasteiger partial charge in [0.15, 0.2) is 5.11 Å². The second kappa shape index (κ2) is 6.26. The Hall–Kier alpha value is -0.550. The molecule has 3 saturated carbocycles. The van der Waals surface area contributed by atoms with Crippen LogP contribution in [-0.2, 0) is 0 Å². The van der Waals surface area contributed by atoms with Gasteiger partial charge in [-0.05, 0) is 86.8 Å². The lowest BCUT2D eigenvalue weighted by atomic mass is 9.48. The maximum atomic E-state index is 5.59. The van der Waals surface area contributed by atoms with Crippen LogP contribution in [0.4, 0.5) is 0 Å². The molecular formula is C20H31N3S2. The van der Waals surface area contributed by atoms with Crippen molar-refractivity contribution in [2.75, 3.05) is 0 Å². The van der Waals surface area contributed by atoms with Gasteiger partial charge in [0.05, 0.1) is 0 Å². The van der Waals surface area contributed by atoms with Crippen LogP contribution in [0.5, 0.6) is 0 Å². The van der Waals surface area contributed by atoms with E-state index in [2.05, 4.69) is 30.5 Å². The zero-order chi connectivity index (χ0) is 17.8. The van der Waals surface area contributed by atoms with E-state index in [0.717, 1.165) is 24.2 Å². The molecular weight excluding hydrogens is 346 g/mol. The lowest BCUT2D eigenvalue weighted by Gasteiger charge is -2.57. The Morgan fingerprint density at radius 1 is 1.24 bits per heavy atom. The molecule has 3 fully saturated rings. The number of nitrogens with one attached hydrogen (secondary N) is 1. The van der Waals surface area contributed by atoms with E-state index >= 15 is 0 Å². The third kappa shape index (κ3) is 2.77. The summed E-state index contributed by atoms with van der Waals surface area (Å²) in [4.78, 5) is 0. The molecule has 0 saturated heterocycles. The van der Waals surface area contributed by atoms with E-state index in [-0.39, 0.29) is 10.5 Å². The highest BCUT2D eigenvalue weighted by Crippen LogP contribution is 2.64. The molecule has 25 heavy (non-hydrogen) atoms. The maximum absolute atomic E-state index is 5.59. The Morgan fingerprint density at radius 2 is 1.96 bits per heavy atom. The Morgan fingerprint density at radius 3 is 2.72 bits per heavy atom. The van der Waals surface area contributed by atoms with Crippen LogP contribution in [0.1, 0.15) is 65.2 Å². The minimum atomic E-state index is 0.224. The summed E-state index contributed by atoms with van der Waals surface area (Å²) in [5.41, 5.74) is 12.1. The third-order valence-electron chi connectivity index (χ3n) is 8.12. The molecule has 0 radical (unpaired) electrons. The van der Waals surface area contributed by atoms with Crippen LogP contribution >= 0.6 is 24.8 Å². The van der Waals surface area contributed by atoms with Crippen LogP contribution in [0.15, 0.2) is 16.8 Å². The number of allylic oxidation sites excluding steroid dienone is 2. The molecule has 0 bridgehead atoms. The maximum Gasteiger partial charge on any atom is 0.184 e. The molecule has 0 spiro atoms. The molecule has 0 aromatic carbocycles. The van der Waals surface area contributed by atoms with E-state index in [0.29, 0.717) is 10.7 Å². The number of hydrazone groups is 1. The molecule has 6 atom stereocenters. The van der Waals surface area contributed by atoms with Gasteiger partial charge in [-0.3, -0.25) is 5.43 Å². The Labute approximate surface area is 162 Å². The van der Waals surface area contributed by atoms with Gasteiger partial charge >= 0.3 is 0 Å². The molecule has 0 aromatic rings. The summed E-state index contributed by atoms with van der Waals surface area (Å²) >= 11 is 9.71. The predicted octanol–water partition coefficient (Wildman–Crippen LogP) is 4.44. The smallest absolute Gasteiger partial charge is 0.184 e. The summed E-state index contributed by atoms with van der Waals surface area (Å²) < 4.78 is 0. The largest absolute Gasteiger partial charge is 0.375 e. The molecule has 0 aliphatic heterocycles. The highest BCUT2D eigenvalue weighted by atomic mass is 32.1. The molecule has 0 amide bonds. The SMILES string of the molecule is C[C@]12CC[C@H](S)CC1=CC[C@@H]1[C@@H]2CC[C@]2(C)/C(=N/NC(N)=S)CC[C@@H]12. The third-order valence-corrected chi connectivity index (χ3v) is 8.65. The van der Waals surface area contributed by atoms with Gasteiger partial charge in [-0.25, -0.2) is 0 Å². The van der Waals surface area contributed by atoms with Gasteiger partial charge in [0.1, 0.15) is 0 Å². The molecule has 0 unspecified atom stereocenters. The van der Waals surface area contributed by atoms with Crippen molar-refractivity contribution in [3.8, 4) is 0 Å². The fourth-order valence-corrected chi connectivity index (χ4v) is 7.11. The molecule has 3 N–H and O–H groups in total. The fourth-order valence-electron chi connectivity index (χ4n) is 6.74. The van der Waals surface area contributed by atoms with E-state index in [1.165, 1.54) is 50.7 Å². The first kappa shape index (κ1) is 17.8. The standard InChI is InChI=1S/C20H31N3S2/c1-19-9-7-13(24)11-12(19)3-4-14-15-5-6-17(22-23-18(21)25)20(15,2)10-8-16(14)19/h3,13-16,24H,4-11H2,1-2H3,(H3,21,23,25)/b22-17+/t13-,14-,15-,16-,19-,20-/m0/s1. The average Bonchev–Trinajstić information content (AvgIpc) is 2.90. The van der Waals surface area contributed by atoms with E-state index < -0.39 is 0 Å². The number of rotatable bonds is 1. The molecule has 138 valence electrons. The van der Waals surface area contributed by atoms with Crippen molar-refractivity contribution in [1.29, 1.82) is 0 Å². The van der Waals surface area contributed by atoms with Crippen molar-refractivity contribution in [1.82, 2.24) is 5.43 Å². The second-order valence-corrected chi connectivity index (χ2v) is 10.4. The molecule has 3 nitrogen and oxygen atoms in total. The van der Waals surface area contributed by atoms with Crippen LogP contribution in [-0.4, -0.2) is 16.1 Å². The summed E-state index contributed by atoms with van der Waals surface area (Å²) in [6, 6.07) is 0. The number of thiol groups is 1. The van der Waals surface area contributed by atoms with E-state index in [9.17, 15) is 0 Å². The minimum Gasteiger partial charge on any atom is -0.375 e. The minimum absolute atomic E-state index is 0.224. The van der Waals surface area contributed by atoms with Crippen molar-refractivity contribution >= 4 is 35.7 Å². The highest BCUT2D eigenvalue weighted by Gasteiger charge is 2.57. The van der Waals surface area contributed by atoms with E-state index in [1.807, 2.05) is 0 Å². The van der Waals surface area contributed by atoms with Crippen LogP contribution in [0.3, 0.4) is 0 Å². The zero-order valence-corrected chi connectivity index (χ0v) is 17.1. The number of nitrogens with two attached hydrogens (primary N) is 1. The van der Waals surface area contributed by atoms with Crippen molar-refractivity contribution in [3.63, 3.8) is 0 Å². The monoisotopic (exact) mass is 377 g/mol. The number of thiocarbonyl (C=S) groups is 1. The first-order valence-corrected chi connectivity index (χ1v) is 10.8. The molecule has 4 rings (SSSR count). The number of nitrogens with zero attached hydrogens (tertiary/aromatic N) is 1. The molecule has 5 heteroatoms. The van der Waals surface area contributed by atoms with Gasteiger partial charge in [-0.1, -0.05) is 25.5 Å². The Balaban J connectivity index is 1.62. The number of hydrogen-bond donors (Lipinski definition) is 3. The van der Waals surface area contributed by atoms with E-state index in [1.54, 1.807) is 5.57 Å². The van der Waals surface area contributed by atoms with Crippen molar-refractivity contribution in [2.45, 2.75) is 70.5 Å². The van der Waals surface area contributed by atoms with E-state index in [4.69, 9.17) is 30.6 Å². The van der Waals surface area contributed by atoms with Gasteiger partial charge in [0.25, 0.3) is 0 Å². The summed E-state index contributed by atoms with van der Waals surface area (Å²) in [5, 5.41) is 5.44. The predicted molar refractivity (Wildman–Crippen MR) is 112 cm³/mol.